The molecule has 0 bridgehead atoms. The van der Waals surface area contributed by atoms with Crippen molar-refractivity contribution in [2.45, 2.75) is 38.6 Å². The van der Waals surface area contributed by atoms with Crippen LogP contribution in [0.25, 0.3) is 10.4 Å². The Balaban J connectivity index is 1.47. The minimum Gasteiger partial charge on any atom is -0.324 e. The number of nitrogens with zero attached hydrogens (tertiary/aromatic N) is 1. The lowest BCUT2D eigenvalue weighted by Crippen LogP contribution is -2.46. The molecular weight excluding hydrogens is 376 g/mol. The van der Waals surface area contributed by atoms with Gasteiger partial charge in [-0.3, -0.25) is 9.59 Å². The average Bonchev–Trinajstić information content (AvgIpc) is 3.42. The molecule has 2 amide bonds. The van der Waals surface area contributed by atoms with Crippen LogP contribution < -0.4 is 5.32 Å². The number of benzene rings is 1. The highest BCUT2D eigenvalue weighted by Gasteiger charge is 2.38. The van der Waals surface area contributed by atoms with Crippen LogP contribution in [0.4, 0.5) is 5.69 Å². The van der Waals surface area contributed by atoms with E-state index >= 15 is 0 Å². The molecule has 2 aliphatic rings. The van der Waals surface area contributed by atoms with Crippen molar-refractivity contribution in [3.8, 4) is 10.4 Å². The van der Waals surface area contributed by atoms with Crippen LogP contribution in [-0.4, -0.2) is 34.4 Å². The summed E-state index contributed by atoms with van der Waals surface area (Å²) in [5.41, 5.74) is 3.14. The Morgan fingerprint density at radius 2 is 2.00 bits per heavy atom. The van der Waals surface area contributed by atoms with Crippen LogP contribution >= 0.6 is 23.1 Å². The molecule has 2 aromatic rings. The average molecular weight is 401 g/mol. The van der Waals surface area contributed by atoms with Crippen LogP contribution in [0.1, 0.15) is 31.2 Å². The highest BCUT2D eigenvalue weighted by Crippen LogP contribution is 2.32. The summed E-state index contributed by atoms with van der Waals surface area (Å²) < 4.78 is 0. The van der Waals surface area contributed by atoms with Crippen molar-refractivity contribution in [1.82, 2.24) is 4.90 Å². The smallest absolute Gasteiger partial charge is 0.248 e. The molecule has 4 nitrogen and oxygen atoms in total. The van der Waals surface area contributed by atoms with Gasteiger partial charge in [0.25, 0.3) is 0 Å². The summed E-state index contributed by atoms with van der Waals surface area (Å²) in [5, 5.41) is 5.12. The molecular formula is C21H24N2O2S2. The van der Waals surface area contributed by atoms with E-state index in [0.717, 1.165) is 36.9 Å². The molecule has 1 aliphatic heterocycles. The van der Waals surface area contributed by atoms with Crippen LogP contribution in [0.5, 0.6) is 0 Å². The second kappa shape index (κ2) is 8.07. The molecule has 0 radical (unpaired) electrons. The van der Waals surface area contributed by atoms with Gasteiger partial charge >= 0.3 is 0 Å². The quantitative estimate of drug-likeness (QED) is 0.805. The normalized spacial score (nSPS) is 20.2. The SMILES string of the molecule is Cc1ccsc1-c1cccc(NC(=O)C2CSCN2C(=O)C2CCCC2)c1. The van der Waals surface area contributed by atoms with E-state index in [0.29, 0.717) is 11.6 Å². The largest absolute Gasteiger partial charge is 0.324 e. The van der Waals surface area contributed by atoms with E-state index in [1.54, 1.807) is 28.0 Å². The number of aryl methyl sites for hydroxylation is 1. The van der Waals surface area contributed by atoms with Crippen LogP contribution in [-0.2, 0) is 9.59 Å². The van der Waals surface area contributed by atoms with E-state index in [2.05, 4.69) is 29.8 Å². The maximum atomic E-state index is 12.9. The molecule has 1 aromatic heterocycles. The number of thioether (sulfide) groups is 1. The first-order valence-electron chi connectivity index (χ1n) is 9.47. The second-order valence-corrected chi connectivity index (χ2v) is 9.22. The summed E-state index contributed by atoms with van der Waals surface area (Å²) in [4.78, 5) is 28.7. The van der Waals surface area contributed by atoms with E-state index in [9.17, 15) is 9.59 Å². The molecule has 27 heavy (non-hydrogen) atoms. The Morgan fingerprint density at radius 3 is 2.74 bits per heavy atom. The van der Waals surface area contributed by atoms with E-state index in [1.165, 1.54) is 10.4 Å². The molecule has 1 atom stereocenters. The zero-order valence-electron chi connectivity index (χ0n) is 15.4. The minimum atomic E-state index is -0.366. The highest BCUT2D eigenvalue weighted by molar-refractivity contribution is 7.99. The number of rotatable bonds is 4. The maximum Gasteiger partial charge on any atom is 0.248 e. The Bertz CT molecular complexity index is 842. The van der Waals surface area contributed by atoms with E-state index in [4.69, 9.17) is 0 Å². The molecule has 1 unspecified atom stereocenters. The highest BCUT2D eigenvalue weighted by atomic mass is 32.2. The van der Waals surface area contributed by atoms with Gasteiger partial charge in [0, 0.05) is 22.2 Å². The van der Waals surface area contributed by atoms with Gasteiger partial charge in [-0.15, -0.1) is 23.1 Å². The van der Waals surface area contributed by atoms with Crippen LogP contribution in [0, 0.1) is 12.8 Å². The number of anilines is 1. The first kappa shape index (κ1) is 18.6. The lowest BCUT2D eigenvalue weighted by molar-refractivity contribution is -0.139. The zero-order chi connectivity index (χ0) is 18.8. The number of hydrogen-bond donors (Lipinski definition) is 1. The molecule has 1 saturated carbocycles. The fraction of sp³-hybridized carbons (Fsp3) is 0.429. The fourth-order valence-corrected chi connectivity index (χ4v) is 6.01. The van der Waals surface area contributed by atoms with Crippen molar-refractivity contribution in [1.29, 1.82) is 0 Å². The van der Waals surface area contributed by atoms with Gasteiger partial charge in [0.2, 0.25) is 11.8 Å². The van der Waals surface area contributed by atoms with Gasteiger partial charge in [0.05, 0.1) is 5.88 Å². The van der Waals surface area contributed by atoms with Crippen molar-refractivity contribution in [3.63, 3.8) is 0 Å². The molecule has 1 aliphatic carbocycles. The zero-order valence-corrected chi connectivity index (χ0v) is 17.1. The van der Waals surface area contributed by atoms with Gasteiger partial charge in [0.15, 0.2) is 0 Å². The first-order chi connectivity index (χ1) is 13.1. The molecule has 1 saturated heterocycles. The van der Waals surface area contributed by atoms with Crippen LogP contribution in [0.15, 0.2) is 35.7 Å². The Hall–Kier alpha value is -1.79. The van der Waals surface area contributed by atoms with Crippen LogP contribution in [0.3, 0.4) is 0 Å². The van der Waals surface area contributed by atoms with Gasteiger partial charge in [-0.25, -0.2) is 0 Å². The van der Waals surface area contributed by atoms with Gasteiger partial charge < -0.3 is 10.2 Å². The molecule has 0 spiro atoms. The third-order valence-electron chi connectivity index (χ3n) is 5.43. The topological polar surface area (TPSA) is 49.4 Å². The summed E-state index contributed by atoms with van der Waals surface area (Å²) in [6, 6.07) is 9.70. The molecule has 2 heterocycles. The number of amides is 2. The number of carbonyl (C=O) groups is 2. The molecule has 1 aromatic carbocycles. The van der Waals surface area contributed by atoms with E-state index in [-0.39, 0.29) is 23.8 Å². The third-order valence-corrected chi connectivity index (χ3v) is 7.50. The summed E-state index contributed by atoms with van der Waals surface area (Å²) >= 11 is 3.37. The van der Waals surface area contributed by atoms with Gasteiger partial charge in [-0.2, -0.15) is 0 Å². The Labute approximate surface area is 168 Å². The number of thiophene rings is 1. The summed E-state index contributed by atoms with van der Waals surface area (Å²) in [7, 11) is 0. The summed E-state index contributed by atoms with van der Waals surface area (Å²) in [5.74, 6) is 1.51. The number of nitrogens with one attached hydrogen (secondary N) is 1. The van der Waals surface area contributed by atoms with Gasteiger partial charge in [0.1, 0.15) is 6.04 Å². The monoisotopic (exact) mass is 400 g/mol. The fourth-order valence-electron chi connectivity index (χ4n) is 3.92. The van der Waals surface area contributed by atoms with Crippen molar-refractivity contribution in [2.75, 3.05) is 16.9 Å². The second-order valence-electron chi connectivity index (χ2n) is 7.31. The third kappa shape index (κ3) is 3.92. The van der Waals surface area contributed by atoms with Crippen molar-refractivity contribution in [2.24, 2.45) is 5.92 Å². The minimum absolute atomic E-state index is 0.0774. The van der Waals surface area contributed by atoms with Crippen LogP contribution in [0.2, 0.25) is 0 Å². The van der Waals surface area contributed by atoms with Crippen molar-refractivity contribution >= 4 is 40.6 Å². The Kier molecular flexibility index (Phi) is 5.55. The number of carbonyl (C=O) groups excluding carboxylic acids is 2. The van der Waals surface area contributed by atoms with E-state index < -0.39 is 0 Å². The molecule has 142 valence electrons. The van der Waals surface area contributed by atoms with Gasteiger partial charge in [-0.1, -0.05) is 25.0 Å². The Morgan fingerprint density at radius 1 is 1.19 bits per heavy atom. The summed E-state index contributed by atoms with van der Waals surface area (Å²) in [6.45, 7) is 2.10. The van der Waals surface area contributed by atoms with Crippen molar-refractivity contribution < 1.29 is 9.59 Å². The molecule has 2 fully saturated rings. The predicted octanol–water partition coefficient (Wildman–Crippen LogP) is 4.75. The van der Waals surface area contributed by atoms with Crippen molar-refractivity contribution in [3.05, 3.63) is 41.3 Å². The maximum absolute atomic E-state index is 12.9. The van der Waals surface area contributed by atoms with Gasteiger partial charge in [-0.05, 0) is 54.5 Å². The molecule has 1 N–H and O–H groups in total. The molecule has 4 rings (SSSR count). The summed E-state index contributed by atoms with van der Waals surface area (Å²) in [6.07, 6.45) is 4.19. The standard InChI is InChI=1S/C21H24N2O2S2/c1-14-9-10-27-19(14)16-7-4-8-17(11-16)22-20(24)18-12-26-13-23(18)21(25)15-5-2-3-6-15/h4,7-11,15,18H,2-3,5-6,12-13H2,1H3,(H,22,24). The first-order valence-corrected chi connectivity index (χ1v) is 11.5. The lowest BCUT2D eigenvalue weighted by atomic mass is 10.1. The number of hydrogen-bond acceptors (Lipinski definition) is 4. The lowest BCUT2D eigenvalue weighted by Gasteiger charge is -2.25. The van der Waals surface area contributed by atoms with E-state index in [1.807, 2.05) is 18.2 Å². The molecule has 6 heteroatoms. The predicted molar refractivity (Wildman–Crippen MR) is 113 cm³/mol.